The van der Waals surface area contributed by atoms with E-state index >= 15 is 0 Å². The summed E-state index contributed by atoms with van der Waals surface area (Å²) in [7, 11) is 0. The van der Waals surface area contributed by atoms with Crippen LogP contribution < -0.4 is 0 Å². The van der Waals surface area contributed by atoms with Crippen LogP contribution in [0.3, 0.4) is 0 Å². The molecule has 0 aromatic rings. The Morgan fingerprint density at radius 3 is 2.20 bits per heavy atom. The van der Waals surface area contributed by atoms with E-state index in [-0.39, 0.29) is 17.0 Å². The number of ether oxygens (including phenoxy) is 1. The first-order valence-corrected chi connectivity index (χ1v) is 5.67. The quantitative estimate of drug-likeness (QED) is 0.515. The minimum absolute atomic E-state index is 0.0658. The Hall–Kier alpha value is -0.790. The molecule has 0 saturated heterocycles. The SMILES string of the molecule is C=C(C)C(=O)O[C@@]1(C)CCCCC1(C)C. The van der Waals surface area contributed by atoms with Gasteiger partial charge < -0.3 is 4.74 Å². The van der Waals surface area contributed by atoms with Crippen molar-refractivity contribution in [2.45, 2.75) is 59.0 Å². The van der Waals surface area contributed by atoms with Gasteiger partial charge in [0.1, 0.15) is 5.60 Å². The van der Waals surface area contributed by atoms with Gasteiger partial charge in [-0.1, -0.05) is 26.8 Å². The third-order valence-corrected chi connectivity index (χ3v) is 3.80. The van der Waals surface area contributed by atoms with Crippen LogP contribution in [0.2, 0.25) is 0 Å². The summed E-state index contributed by atoms with van der Waals surface area (Å²) < 4.78 is 5.62. The maximum absolute atomic E-state index is 11.6. The Bertz CT molecular complexity index is 278. The maximum Gasteiger partial charge on any atom is 0.333 e. The highest BCUT2D eigenvalue weighted by molar-refractivity contribution is 5.87. The van der Waals surface area contributed by atoms with Crippen molar-refractivity contribution in [1.82, 2.24) is 0 Å². The average molecular weight is 210 g/mol. The van der Waals surface area contributed by atoms with Gasteiger partial charge in [0.15, 0.2) is 0 Å². The lowest BCUT2D eigenvalue weighted by Crippen LogP contribution is -2.48. The fraction of sp³-hybridized carbons (Fsp3) is 0.769. The summed E-state index contributed by atoms with van der Waals surface area (Å²) in [5.41, 5.74) is 0.218. The second-order valence-electron chi connectivity index (χ2n) is 5.49. The minimum atomic E-state index is -0.332. The number of rotatable bonds is 2. The van der Waals surface area contributed by atoms with Gasteiger partial charge in [-0.25, -0.2) is 4.79 Å². The number of carbonyl (C=O) groups is 1. The molecular formula is C13H22O2. The highest BCUT2D eigenvalue weighted by atomic mass is 16.6. The third-order valence-electron chi connectivity index (χ3n) is 3.80. The third kappa shape index (κ3) is 2.42. The maximum atomic E-state index is 11.6. The molecule has 1 aliphatic carbocycles. The highest BCUT2D eigenvalue weighted by Crippen LogP contribution is 2.46. The van der Waals surface area contributed by atoms with Crippen LogP contribution in [0, 0.1) is 5.41 Å². The van der Waals surface area contributed by atoms with Gasteiger partial charge in [-0.3, -0.25) is 0 Å². The first kappa shape index (κ1) is 12.3. The molecule has 2 nitrogen and oxygen atoms in total. The van der Waals surface area contributed by atoms with Gasteiger partial charge in [0.05, 0.1) is 0 Å². The zero-order valence-electron chi connectivity index (χ0n) is 10.4. The second kappa shape index (κ2) is 3.99. The van der Waals surface area contributed by atoms with Crippen molar-refractivity contribution in [2.24, 2.45) is 5.41 Å². The molecule has 2 heteroatoms. The van der Waals surface area contributed by atoms with Gasteiger partial charge in [-0.05, 0) is 33.1 Å². The van der Waals surface area contributed by atoms with E-state index in [1.807, 2.05) is 6.92 Å². The normalized spacial score (nSPS) is 29.6. The van der Waals surface area contributed by atoms with E-state index in [0.29, 0.717) is 5.57 Å². The van der Waals surface area contributed by atoms with Crippen LogP contribution in [0.15, 0.2) is 12.2 Å². The average Bonchev–Trinajstić information content (AvgIpc) is 2.10. The fourth-order valence-corrected chi connectivity index (χ4v) is 2.11. The molecule has 86 valence electrons. The molecule has 0 spiro atoms. The van der Waals surface area contributed by atoms with E-state index in [1.54, 1.807) is 6.92 Å². The Morgan fingerprint density at radius 2 is 1.73 bits per heavy atom. The van der Waals surface area contributed by atoms with Crippen LogP contribution in [0.5, 0.6) is 0 Å². The standard InChI is InChI=1S/C13H22O2/c1-10(2)11(14)15-13(5)9-7-6-8-12(13,3)4/h1,6-9H2,2-5H3/t13-/m0/s1. The van der Waals surface area contributed by atoms with Gasteiger partial charge in [0.25, 0.3) is 0 Å². The van der Waals surface area contributed by atoms with E-state index in [4.69, 9.17) is 4.74 Å². The molecule has 0 radical (unpaired) electrons. The number of hydrogen-bond donors (Lipinski definition) is 0. The molecule has 1 saturated carbocycles. The van der Waals surface area contributed by atoms with Gasteiger partial charge in [-0.2, -0.15) is 0 Å². The van der Waals surface area contributed by atoms with Crippen molar-refractivity contribution in [3.8, 4) is 0 Å². The van der Waals surface area contributed by atoms with E-state index in [9.17, 15) is 4.79 Å². The van der Waals surface area contributed by atoms with Crippen LogP contribution in [0.25, 0.3) is 0 Å². The number of esters is 1. The number of hydrogen-bond acceptors (Lipinski definition) is 2. The second-order valence-corrected chi connectivity index (χ2v) is 5.49. The van der Waals surface area contributed by atoms with Gasteiger partial charge in [-0.15, -0.1) is 0 Å². The summed E-state index contributed by atoms with van der Waals surface area (Å²) in [5, 5.41) is 0. The van der Waals surface area contributed by atoms with Crippen LogP contribution in [-0.2, 0) is 9.53 Å². The summed E-state index contributed by atoms with van der Waals surface area (Å²) in [6.07, 6.45) is 4.45. The lowest BCUT2D eigenvalue weighted by molar-refractivity contribution is -0.172. The molecule has 0 aromatic carbocycles. The molecule has 1 rings (SSSR count). The Kier molecular flexibility index (Phi) is 3.27. The Morgan fingerprint density at radius 1 is 1.20 bits per heavy atom. The molecule has 15 heavy (non-hydrogen) atoms. The van der Waals surface area contributed by atoms with Crippen molar-refractivity contribution < 1.29 is 9.53 Å². The molecule has 0 bridgehead atoms. The predicted molar refractivity (Wildman–Crippen MR) is 61.6 cm³/mol. The Balaban J connectivity index is 2.79. The largest absolute Gasteiger partial charge is 0.455 e. The molecule has 0 amide bonds. The van der Waals surface area contributed by atoms with E-state index in [0.717, 1.165) is 19.3 Å². The topological polar surface area (TPSA) is 26.3 Å². The van der Waals surface area contributed by atoms with E-state index in [1.165, 1.54) is 6.42 Å². The molecule has 1 aliphatic rings. The van der Waals surface area contributed by atoms with Gasteiger partial charge >= 0.3 is 5.97 Å². The fourth-order valence-electron chi connectivity index (χ4n) is 2.11. The van der Waals surface area contributed by atoms with Crippen molar-refractivity contribution >= 4 is 5.97 Å². The highest BCUT2D eigenvalue weighted by Gasteiger charge is 2.45. The summed E-state index contributed by atoms with van der Waals surface area (Å²) in [5.74, 6) is -0.257. The van der Waals surface area contributed by atoms with E-state index < -0.39 is 0 Å². The first-order valence-electron chi connectivity index (χ1n) is 5.67. The predicted octanol–water partition coefficient (Wildman–Crippen LogP) is 3.46. The zero-order chi connectivity index (χ0) is 11.7. The summed E-state index contributed by atoms with van der Waals surface area (Å²) in [4.78, 5) is 11.6. The van der Waals surface area contributed by atoms with Crippen LogP contribution in [0.1, 0.15) is 53.4 Å². The molecule has 1 fully saturated rings. The van der Waals surface area contributed by atoms with Crippen molar-refractivity contribution in [3.05, 3.63) is 12.2 Å². The van der Waals surface area contributed by atoms with Crippen molar-refractivity contribution in [2.75, 3.05) is 0 Å². The molecule has 0 aromatic heterocycles. The van der Waals surface area contributed by atoms with Crippen molar-refractivity contribution in [3.63, 3.8) is 0 Å². The number of carbonyl (C=O) groups excluding carboxylic acids is 1. The first-order chi connectivity index (χ1) is 6.78. The van der Waals surface area contributed by atoms with Crippen LogP contribution >= 0.6 is 0 Å². The summed E-state index contributed by atoms with van der Waals surface area (Å²) >= 11 is 0. The van der Waals surface area contributed by atoms with Crippen LogP contribution in [-0.4, -0.2) is 11.6 Å². The molecule has 0 aliphatic heterocycles. The van der Waals surface area contributed by atoms with Crippen molar-refractivity contribution in [1.29, 1.82) is 0 Å². The molecule has 0 unspecified atom stereocenters. The lowest BCUT2D eigenvalue weighted by atomic mass is 9.66. The van der Waals surface area contributed by atoms with E-state index in [2.05, 4.69) is 20.4 Å². The summed E-state index contributed by atoms with van der Waals surface area (Å²) in [6.45, 7) is 11.7. The molecule has 1 atom stereocenters. The minimum Gasteiger partial charge on any atom is -0.455 e. The van der Waals surface area contributed by atoms with Gasteiger partial charge in [0, 0.05) is 11.0 Å². The molecule has 0 heterocycles. The lowest BCUT2D eigenvalue weighted by Gasteiger charge is -2.47. The Labute approximate surface area is 92.7 Å². The van der Waals surface area contributed by atoms with Crippen LogP contribution in [0.4, 0.5) is 0 Å². The smallest absolute Gasteiger partial charge is 0.333 e. The summed E-state index contributed by atoms with van der Waals surface area (Å²) in [6, 6.07) is 0. The van der Waals surface area contributed by atoms with Gasteiger partial charge in [0.2, 0.25) is 0 Å². The molecule has 0 N–H and O–H groups in total. The molecular weight excluding hydrogens is 188 g/mol. The zero-order valence-corrected chi connectivity index (χ0v) is 10.4. The monoisotopic (exact) mass is 210 g/mol.